The van der Waals surface area contributed by atoms with Gasteiger partial charge in [0.15, 0.2) is 0 Å². The van der Waals surface area contributed by atoms with Crippen LogP contribution in [0.5, 0.6) is 0 Å². The van der Waals surface area contributed by atoms with Gasteiger partial charge in [-0.05, 0) is 12.8 Å². The summed E-state index contributed by atoms with van der Waals surface area (Å²) in [4.78, 5) is 0. The highest BCUT2D eigenvalue weighted by Crippen LogP contribution is 2.17. The van der Waals surface area contributed by atoms with Crippen molar-refractivity contribution in [2.75, 3.05) is 0 Å². The fourth-order valence-electron chi connectivity index (χ4n) is 2.14. The maximum Gasteiger partial charge on any atom is 0.0538 e. The van der Waals surface area contributed by atoms with E-state index in [0.29, 0.717) is 6.04 Å². The molecule has 82 valence electrons. The third-order valence-corrected chi connectivity index (χ3v) is 3.04. The lowest BCUT2D eigenvalue weighted by molar-refractivity contribution is 0.372. The zero-order chi connectivity index (χ0) is 10.5. The average molecular weight is 205 g/mol. The van der Waals surface area contributed by atoms with Crippen LogP contribution in [0.4, 0.5) is 0 Å². The van der Waals surface area contributed by atoms with Gasteiger partial charge < -0.3 is 5.32 Å². The van der Waals surface area contributed by atoms with E-state index in [1.807, 2.05) is 12.4 Å². The average Bonchev–Trinajstić information content (AvgIpc) is 2.76. The van der Waals surface area contributed by atoms with Crippen molar-refractivity contribution >= 4 is 6.20 Å². The van der Waals surface area contributed by atoms with Crippen molar-refractivity contribution < 1.29 is 0 Å². The Hall–Kier alpha value is -1.09. The second kappa shape index (κ2) is 5.12. The quantitative estimate of drug-likeness (QED) is 0.818. The van der Waals surface area contributed by atoms with E-state index in [9.17, 15) is 0 Å². The molecule has 1 N–H and O–H groups in total. The molecule has 1 aromatic rings. The molecule has 1 heterocycles. The van der Waals surface area contributed by atoms with Gasteiger partial charge in [-0.1, -0.05) is 25.8 Å². The number of hydrogen-bond donors (Lipinski definition) is 1. The van der Waals surface area contributed by atoms with E-state index in [0.717, 1.165) is 6.54 Å². The summed E-state index contributed by atoms with van der Waals surface area (Å²) in [6.45, 7) is 4.60. The fraction of sp³-hybridized carbons (Fsp3) is 0.583. The summed E-state index contributed by atoms with van der Waals surface area (Å²) in [5.41, 5.74) is 1.24. The van der Waals surface area contributed by atoms with Crippen LogP contribution in [-0.4, -0.2) is 15.8 Å². The Balaban J connectivity index is 1.79. The highest BCUT2D eigenvalue weighted by molar-refractivity contribution is 5.17. The van der Waals surface area contributed by atoms with Crippen LogP contribution in [0.2, 0.25) is 0 Å². The number of aromatic nitrogens is 2. The number of nitrogens with one attached hydrogen (secondary N) is 1. The van der Waals surface area contributed by atoms with Crippen molar-refractivity contribution in [1.29, 1.82) is 0 Å². The van der Waals surface area contributed by atoms with Crippen molar-refractivity contribution in [3.05, 3.63) is 24.5 Å². The van der Waals surface area contributed by atoms with E-state index in [2.05, 4.69) is 17.0 Å². The van der Waals surface area contributed by atoms with Gasteiger partial charge >= 0.3 is 0 Å². The molecule has 2 rings (SSSR count). The normalized spacial score (nSPS) is 17.9. The van der Waals surface area contributed by atoms with Gasteiger partial charge in [0.25, 0.3) is 0 Å². The van der Waals surface area contributed by atoms with E-state index in [4.69, 9.17) is 0 Å². The monoisotopic (exact) mass is 205 g/mol. The van der Waals surface area contributed by atoms with Crippen LogP contribution >= 0.6 is 0 Å². The van der Waals surface area contributed by atoms with Crippen LogP contribution in [0.1, 0.15) is 37.7 Å². The summed E-state index contributed by atoms with van der Waals surface area (Å²) in [5.74, 6) is 0. The molecule has 1 saturated carbocycles. The van der Waals surface area contributed by atoms with Gasteiger partial charge in [0, 0.05) is 30.5 Å². The van der Waals surface area contributed by atoms with Gasteiger partial charge in [-0.2, -0.15) is 5.10 Å². The molecule has 1 aliphatic carbocycles. The summed E-state index contributed by atoms with van der Waals surface area (Å²) < 4.78 is 1.75. The van der Waals surface area contributed by atoms with E-state index < -0.39 is 0 Å². The minimum Gasteiger partial charge on any atom is -0.310 e. The molecule has 0 atom stereocenters. The lowest BCUT2D eigenvalue weighted by atomic mass is 9.95. The predicted octanol–water partition coefficient (Wildman–Crippen LogP) is 2.41. The molecule has 0 radical (unpaired) electrons. The smallest absolute Gasteiger partial charge is 0.0538 e. The molecule has 0 bridgehead atoms. The second-order valence-corrected chi connectivity index (χ2v) is 4.23. The molecule has 3 nitrogen and oxygen atoms in total. The SMILES string of the molecule is C=Cn1cc(CNC2CCCCC2)cn1. The van der Waals surface area contributed by atoms with E-state index in [1.54, 1.807) is 10.9 Å². The molecule has 0 aromatic carbocycles. The van der Waals surface area contributed by atoms with Crippen molar-refractivity contribution in [3.8, 4) is 0 Å². The molecule has 0 unspecified atom stereocenters. The highest BCUT2D eigenvalue weighted by Gasteiger charge is 2.12. The summed E-state index contributed by atoms with van der Waals surface area (Å²) in [6, 6.07) is 0.714. The van der Waals surface area contributed by atoms with Crippen molar-refractivity contribution in [1.82, 2.24) is 15.1 Å². The minimum atomic E-state index is 0.714. The second-order valence-electron chi connectivity index (χ2n) is 4.23. The van der Waals surface area contributed by atoms with Gasteiger partial charge in [0.2, 0.25) is 0 Å². The maximum atomic E-state index is 4.16. The number of nitrogens with zero attached hydrogens (tertiary/aromatic N) is 2. The van der Waals surface area contributed by atoms with Crippen LogP contribution in [0, 0.1) is 0 Å². The molecular weight excluding hydrogens is 186 g/mol. The Morgan fingerprint density at radius 3 is 2.93 bits per heavy atom. The largest absolute Gasteiger partial charge is 0.310 e. The Kier molecular flexibility index (Phi) is 3.56. The molecule has 0 aliphatic heterocycles. The van der Waals surface area contributed by atoms with Crippen LogP contribution in [0.3, 0.4) is 0 Å². The molecular formula is C12H19N3. The Bertz CT molecular complexity index is 310. The molecule has 1 aromatic heterocycles. The predicted molar refractivity (Wildman–Crippen MR) is 62.3 cm³/mol. The third-order valence-electron chi connectivity index (χ3n) is 3.04. The Labute approximate surface area is 91.2 Å². The molecule has 1 aliphatic rings. The highest BCUT2D eigenvalue weighted by atomic mass is 15.2. The summed E-state index contributed by atoms with van der Waals surface area (Å²) in [7, 11) is 0. The summed E-state index contributed by atoms with van der Waals surface area (Å²) in [5, 5.41) is 7.74. The minimum absolute atomic E-state index is 0.714. The fourth-order valence-corrected chi connectivity index (χ4v) is 2.14. The first-order chi connectivity index (χ1) is 7.38. The number of rotatable bonds is 4. The summed E-state index contributed by atoms with van der Waals surface area (Å²) >= 11 is 0. The van der Waals surface area contributed by atoms with Crippen LogP contribution in [0.25, 0.3) is 6.20 Å². The maximum absolute atomic E-state index is 4.16. The zero-order valence-corrected chi connectivity index (χ0v) is 9.15. The van der Waals surface area contributed by atoms with E-state index in [-0.39, 0.29) is 0 Å². The molecule has 1 fully saturated rings. The Morgan fingerprint density at radius 2 is 2.27 bits per heavy atom. The topological polar surface area (TPSA) is 29.9 Å². The third kappa shape index (κ3) is 2.93. The van der Waals surface area contributed by atoms with Gasteiger partial charge in [-0.25, -0.2) is 4.68 Å². The van der Waals surface area contributed by atoms with Crippen molar-refractivity contribution in [2.24, 2.45) is 0 Å². The lowest BCUT2D eigenvalue weighted by Crippen LogP contribution is -2.30. The molecule has 3 heteroatoms. The lowest BCUT2D eigenvalue weighted by Gasteiger charge is -2.22. The molecule has 0 spiro atoms. The van der Waals surface area contributed by atoms with Crippen LogP contribution in [-0.2, 0) is 6.54 Å². The molecule has 15 heavy (non-hydrogen) atoms. The standard InChI is InChI=1S/C12H19N3/c1-2-15-10-11(9-14-15)8-13-12-6-4-3-5-7-12/h2,9-10,12-13H,1,3-8H2. The van der Waals surface area contributed by atoms with Crippen molar-refractivity contribution in [2.45, 2.75) is 44.7 Å². The summed E-state index contributed by atoms with van der Waals surface area (Å²) in [6.07, 6.45) is 12.5. The van der Waals surface area contributed by atoms with Crippen LogP contribution < -0.4 is 5.32 Å². The Morgan fingerprint density at radius 1 is 1.47 bits per heavy atom. The van der Waals surface area contributed by atoms with Gasteiger partial charge in [0.1, 0.15) is 0 Å². The van der Waals surface area contributed by atoms with Gasteiger partial charge in [0.05, 0.1) is 6.20 Å². The molecule has 0 saturated heterocycles. The van der Waals surface area contributed by atoms with Crippen LogP contribution in [0.15, 0.2) is 19.0 Å². The first kappa shape index (κ1) is 10.4. The first-order valence-electron chi connectivity index (χ1n) is 5.77. The van der Waals surface area contributed by atoms with E-state index in [1.165, 1.54) is 37.7 Å². The first-order valence-corrected chi connectivity index (χ1v) is 5.77. The zero-order valence-electron chi connectivity index (χ0n) is 9.15. The van der Waals surface area contributed by atoms with Crippen molar-refractivity contribution in [3.63, 3.8) is 0 Å². The van der Waals surface area contributed by atoms with E-state index >= 15 is 0 Å². The number of hydrogen-bond acceptors (Lipinski definition) is 2. The van der Waals surface area contributed by atoms with Gasteiger partial charge in [-0.3, -0.25) is 0 Å². The molecule has 0 amide bonds. The van der Waals surface area contributed by atoms with Gasteiger partial charge in [-0.15, -0.1) is 0 Å².